The second kappa shape index (κ2) is 5.86. The maximum Gasteiger partial charge on any atom is 0.0263 e. The van der Waals surface area contributed by atoms with Crippen LogP contribution >= 0.6 is 11.8 Å². The van der Waals surface area contributed by atoms with Crippen LogP contribution in [0, 0.1) is 0 Å². The van der Waals surface area contributed by atoms with Crippen molar-refractivity contribution < 1.29 is 0 Å². The number of nitrogens with zero attached hydrogens (tertiary/aromatic N) is 1. The van der Waals surface area contributed by atoms with Gasteiger partial charge in [0.05, 0.1) is 0 Å². The molecule has 0 aliphatic carbocycles. The summed E-state index contributed by atoms with van der Waals surface area (Å²) in [5, 5.41) is 0.729. The minimum absolute atomic E-state index is 0.729. The fraction of sp³-hybridized carbons (Fsp3) is 0.368. The molecule has 2 heteroatoms. The number of rotatable bonds is 2. The number of aryl methyl sites for hydroxylation is 1. The smallest absolute Gasteiger partial charge is 0.0263 e. The molecule has 1 nitrogen and oxygen atoms in total. The summed E-state index contributed by atoms with van der Waals surface area (Å²) in [5.41, 5.74) is 4.64. The first-order chi connectivity index (χ1) is 10.4. The summed E-state index contributed by atoms with van der Waals surface area (Å²) in [5.74, 6) is 0. The van der Waals surface area contributed by atoms with E-state index in [1.165, 1.54) is 42.8 Å². The number of thioether (sulfide) groups is 1. The van der Waals surface area contributed by atoms with Crippen molar-refractivity contribution in [3.63, 3.8) is 0 Å². The number of fused-ring (bicyclic) bond motifs is 2. The second-order valence-corrected chi connectivity index (χ2v) is 7.50. The van der Waals surface area contributed by atoms with Crippen molar-refractivity contribution in [3.8, 4) is 0 Å². The lowest BCUT2D eigenvalue weighted by Crippen LogP contribution is -2.30. The number of benzene rings is 2. The zero-order chi connectivity index (χ0) is 14.1. The third-order valence-electron chi connectivity index (χ3n) is 4.61. The minimum Gasteiger partial charge on any atom is -0.298 e. The Morgan fingerprint density at radius 2 is 1.71 bits per heavy atom. The first kappa shape index (κ1) is 13.4. The van der Waals surface area contributed by atoms with Crippen LogP contribution in [0.4, 0.5) is 0 Å². The molecule has 0 saturated carbocycles. The van der Waals surface area contributed by atoms with Gasteiger partial charge in [-0.2, -0.15) is 0 Å². The maximum atomic E-state index is 2.66. The Labute approximate surface area is 131 Å². The molecular formula is C19H21NS. The average molecular weight is 295 g/mol. The van der Waals surface area contributed by atoms with Crippen LogP contribution in [-0.4, -0.2) is 23.2 Å². The summed E-state index contributed by atoms with van der Waals surface area (Å²) >= 11 is 2.08. The van der Waals surface area contributed by atoms with Crippen molar-refractivity contribution in [3.05, 3.63) is 65.2 Å². The van der Waals surface area contributed by atoms with Crippen LogP contribution in [0.1, 0.15) is 23.1 Å². The Morgan fingerprint density at radius 1 is 0.952 bits per heavy atom. The van der Waals surface area contributed by atoms with Crippen molar-refractivity contribution in [2.45, 2.75) is 36.0 Å². The summed E-state index contributed by atoms with van der Waals surface area (Å²) in [6.45, 7) is 3.58. The molecule has 1 atom stereocenters. The van der Waals surface area contributed by atoms with Gasteiger partial charge < -0.3 is 0 Å². The Morgan fingerprint density at radius 3 is 2.57 bits per heavy atom. The van der Waals surface area contributed by atoms with Crippen LogP contribution in [0.5, 0.6) is 0 Å². The third-order valence-corrected chi connectivity index (χ3v) is 5.91. The summed E-state index contributed by atoms with van der Waals surface area (Å²) in [6.07, 6.45) is 3.77. The molecule has 1 unspecified atom stereocenters. The lowest BCUT2D eigenvalue weighted by Gasteiger charge is -2.23. The van der Waals surface area contributed by atoms with Crippen LogP contribution in [0.25, 0.3) is 0 Å². The molecule has 0 amide bonds. The molecule has 108 valence electrons. The second-order valence-electron chi connectivity index (χ2n) is 6.16. The molecule has 2 aromatic carbocycles. The van der Waals surface area contributed by atoms with Gasteiger partial charge in [-0.25, -0.2) is 0 Å². The molecular weight excluding hydrogens is 274 g/mol. The Kier molecular flexibility index (Phi) is 3.74. The summed E-state index contributed by atoms with van der Waals surface area (Å²) in [7, 11) is 0. The lowest BCUT2D eigenvalue weighted by atomic mass is 10.0. The van der Waals surface area contributed by atoms with Gasteiger partial charge in [-0.1, -0.05) is 42.5 Å². The summed E-state index contributed by atoms with van der Waals surface area (Å²) in [6, 6.07) is 17.9. The first-order valence-electron chi connectivity index (χ1n) is 7.92. The van der Waals surface area contributed by atoms with Gasteiger partial charge in [0.25, 0.3) is 0 Å². The van der Waals surface area contributed by atoms with Gasteiger partial charge in [-0.05, 0) is 48.6 Å². The van der Waals surface area contributed by atoms with Crippen LogP contribution in [0.3, 0.4) is 0 Å². The van der Waals surface area contributed by atoms with Crippen molar-refractivity contribution in [1.82, 2.24) is 4.90 Å². The highest BCUT2D eigenvalue weighted by Gasteiger charge is 2.24. The number of hydrogen-bond acceptors (Lipinski definition) is 2. The molecule has 0 bridgehead atoms. The van der Waals surface area contributed by atoms with Crippen LogP contribution < -0.4 is 0 Å². The average Bonchev–Trinajstić information content (AvgIpc) is 2.79. The topological polar surface area (TPSA) is 3.24 Å². The molecule has 2 aromatic rings. The lowest BCUT2D eigenvalue weighted by molar-refractivity contribution is 0.270. The van der Waals surface area contributed by atoms with Gasteiger partial charge in [0.1, 0.15) is 0 Å². The Balaban J connectivity index is 1.45. The maximum absolute atomic E-state index is 2.66. The van der Waals surface area contributed by atoms with Crippen molar-refractivity contribution >= 4 is 11.8 Å². The predicted molar refractivity (Wildman–Crippen MR) is 89.8 cm³/mol. The predicted octanol–water partition coefficient (Wildman–Crippen LogP) is 4.15. The van der Waals surface area contributed by atoms with Crippen LogP contribution in [-0.2, 0) is 19.4 Å². The molecule has 2 aliphatic rings. The summed E-state index contributed by atoms with van der Waals surface area (Å²) in [4.78, 5) is 4.16. The minimum atomic E-state index is 0.729. The standard InChI is InChI=1S/C19H21NS/c1-2-8-17-13-20(11-5-9-15(17)6-1)14-18-12-16-7-3-4-10-19(16)21-18/h1-4,6-8,10,18H,5,9,11-14H2. The van der Waals surface area contributed by atoms with Gasteiger partial charge in [-0.15, -0.1) is 11.8 Å². The van der Waals surface area contributed by atoms with Crippen molar-refractivity contribution in [1.29, 1.82) is 0 Å². The van der Waals surface area contributed by atoms with Crippen molar-refractivity contribution in [2.24, 2.45) is 0 Å². The molecule has 2 heterocycles. The van der Waals surface area contributed by atoms with Gasteiger partial charge >= 0.3 is 0 Å². The van der Waals surface area contributed by atoms with E-state index >= 15 is 0 Å². The molecule has 0 saturated heterocycles. The van der Waals surface area contributed by atoms with Gasteiger partial charge in [0, 0.05) is 23.2 Å². The van der Waals surface area contributed by atoms with E-state index in [9.17, 15) is 0 Å². The van der Waals surface area contributed by atoms with E-state index in [2.05, 4.69) is 65.2 Å². The van der Waals surface area contributed by atoms with Gasteiger partial charge in [0.15, 0.2) is 0 Å². The Hall–Kier alpha value is -1.25. The molecule has 2 aliphatic heterocycles. The van der Waals surface area contributed by atoms with Crippen LogP contribution in [0.15, 0.2) is 53.4 Å². The molecule has 21 heavy (non-hydrogen) atoms. The highest BCUT2D eigenvalue weighted by atomic mass is 32.2. The highest BCUT2D eigenvalue weighted by molar-refractivity contribution is 8.00. The zero-order valence-corrected chi connectivity index (χ0v) is 13.1. The SMILES string of the molecule is c1ccc2c(c1)CCCN(CC1Cc3ccccc3S1)C2. The molecule has 0 spiro atoms. The Bertz CT molecular complexity index is 612. The molecule has 0 radical (unpaired) electrons. The largest absolute Gasteiger partial charge is 0.298 e. The fourth-order valence-electron chi connectivity index (χ4n) is 3.57. The molecule has 0 fully saturated rings. The van der Waals surface area contributed by atoms with E-state index in [4.69, 9.17) is 0 Å². The van der Waals surface area contributed by atoms with Crippen LogP contribution in [0.2, 0.25) is 0 Å². The van der Waals surface area contributed by atoms with Gasteiger partial charge in [-0.3, -0.25) is 4.90 Å². The number of hydrogen-bond donors (Lipinski definition) is 0. The van der Waals surface area contributed by atoms with Crippen molar-refractivity contribution in [2.75, 3.05) is 13.1 Å². The van der Waals surface area contributed by atoms with E-state index in [-0.39, 0.29) is 0 Å². The monoisotopic (exact) mass is 295 g/mol. The molecule has 4 rings (SSSR count). The normalized spacial score (nSPS) is 21.6. The first-order valence-corrected chi connectivity index (χ1v) is 8.80. The summed E-state index contributed by atoms with van der Waals surface area (Å²) < 4.78 is 0. The zero-order valence-electron chi connectivity index (χ0n) is 12.3. The van der Waals surface area contributed by atoms with E-state index in [0.717, 1.165) is 11.8 Å². The molecule has 0 N–H and O–H groups in total. The van der Waals surface area contributed by atoms with E-state index < -0.39 is 0 Å². The molecule has 0 aromatic heterocycles. The third kappa shape index (κ3) is 2.88. The van der Waals surface area contributed by atoms with E-state index in [1.807, 2.05) is 0 Å². The quantitative estimate of drug-likeness (QED) is 0.819. The van der Waals surface area contributed by atoms with Gasteiger partial charge in [0.2, 0.25) is 0 Å². The van der Waals surface area contributed by atoms with E-state index in [1.54, 1.807) is 11.1 Å². The van der Waals surface area contributed by atoms with E-state index in [0.29, 0.717) is 0 Å². The highest BCUT2D eigenvalue weighted by Crippen LogP contribution is 2.37. The fourth-order valence-corrected chi connectivity index (χ4v) is 4.94.